The Balaban J connectivity index is 3.14. The molecule has 5 heteroatoms. The summed E-state index contributed by atoms with van der Waals surface area (Å²) in [6, 6.07) is 4.94. The highest BCUT2D eigenvalue weighted by molar-refractivity contribution is 7.80. The van der Waals surface area contributed by atoms with Crippen molar-refractivity contribution in [1.82, 2.24) is 0 Å². The van der Waals surface area contributed by atoms with Gasteiger partial charge >= 0.3 is 10.3 Å². The molecule has 0 bridgehead atoms. The van der Waals surface area contributed by atoms with Crippen LogP contribution in [0.4, 0.5) is 0 Å². The fraction of sp³-hybridized carbons (Fsp3) is 0.167. The molecule has 0 aliphatic heterocycles. The van der Waals surface area contributed by atoms with Crippen LogP contribution < -0.4 is 3.97 Å². The fourth-order valence-corrected chi connectivity index (χ4v) is 1.23. The van der Waals surface area contributed by atoms with Gasteiger partial charge in [0, 0.05) is 12.1 Å². The first-order chi connectivity index (χ1) is 5.17. The van der Waals surface area contributed by atoms with Gasteiger partial charge in [-0.15, -0.1) is 8.42 Å². The molecule has 0 amide bonds. The van der Waals surface area contributed by atoms with E-state index in [2.05, 4.69) is 4.18 Å². The summed E-state index contributed by atoms with van der Waals surface area (Å²) in [4.78, 5) is 0. The van der Waals surface area contributed by atoms with E-state index in [9.17, 15) is 8.42 Å². The molecule has 0 saturated carbocycles. The van der Waals surface area contributed by atoms with Gasteiger partial charge < -0.3 is 0 Å². The van der Waals surface area contributed by atoms with Crippen LogP contribution in [0.2, 0.25) is 0 Å². The first-order valence-electron chi connectivity index (χ1n) is 2.94. The molecule has 0 aliphatic carbocycles. The minimum absolute atomic E-state index is 0.993. The fourth-order valence-electron chi connectivity index (χ4n) is 0.618. The summed E-state index contributed by atoms with van der Waals surface area (Å²) >= 11 is 0. The highest BCUT2D eigenvalue weighted by Crippen LogP contribution is 1.84. The molecule has 0 unspecified atom stereocenters. The van der Waals surface area contributed by atoms with Gasteiger partial charge in [0.2, 0.25) is 0 Å². The Morgan fingerprint density at radius 3 is 2.18 bits per heavy atom. The van der Waals surface area contributed by atoms with Gasteiger partial charge in [-0.3, -0.25) is 0 Å². The van der Waals surface area contributed by atoms with Crippen molar-refractivity contribution in [2.45, 2.75) is 0 Å². The molecule has 0 radical (unpaired) electrons. The third-order valence-corrected chi connectivity index (χ3v) is 2.34. The third kappa shape index (κ3) is 1.75. The third-order valence-electron chi connectivity index (χ3n) is 1.16. The zero-order valence-corrected chi connectivity index (χ0v) is 6.78. The first-order valence-corrected chi connectivity index (χ1v) is 4.31. The van der Waals surface area contributed by atoms with E-state index in [1.807, 2.05) is 0 Å². The topological polar surface area (TPSA) is 47.3 Å². The average molecular weight is 174 g/mol. The maximum Gasteiger partial charge on any atom is 0.513 e. The van der Waals surface area contributed by atoms with Crippen LogP contribution >= 0.6 is 0 Å². The molecule has 1 rings (SSSR count). The van der Waals surface area contributed by atoms with E-state index in [0.717, 1.165) is 11.1 Å². The molecule has 0 N–H and O–H groups in total. The van der Waals surface area contributed by atoms with Crippen molar-refractivity contribution in [1.29, 1.82) is 0 Å². The van der Waals surface area contributed by atoms with Gasteiger partial charge in [-0.05, 0) is 0 Å². The summed E-state index contributed by atoms with van der Waals surface area (Å²) in [5.41, 5.74) is 0. The van der Waals surface area contributed by atoms with Crippen LogP contribution in [0.1, 0.15) is 0 Å². The zero-order chi connectivity index (χ0) is 8.32. The van der Waals surface area contributed by atoms with Crippen molar-refractivity contribution in [3.63, 3.8) is 0 Å². The summed E-state index contributed by atoms with van der Waals surface area (Å²) in [5, 5.41) is 0. The maximum absolute atomic E-state index is 10.9. The van der Waals surface area contributed by atoms with Gasteiger partial charge in [0.15, 0.2) is 12.4 Å². The minimum atomic E-state index is -3.58. The highest BCUT2D eigenvalue weighted by atomic mass is 32.2. The second kappa shape index (κ2) is 2.98. The van der Waals surface area contributed by atoms with E-state index < -0.39 is 10.3 Å². The molecule has 0 atom stereocenters. The van der Waals surface area contributed by atoms with Crippen LogP contribution in [0.15, 0.2) is 30.6 Å². The van der Waals surface area contributed by atoms with Crippen molar-refractivity contribution >= 4 is 10.3 Å². The Kier molecular flexibility index (Phi) is 2.21. The quantitative estimate of drug-likeness (QED) is 0.579. The molecule has 1 aromatic heterocycles. The molecular formula is C6H8NO3S+. The molecule has 0 aliphatic rings. The van der Waals surface area contributed by atoms with Gasteiger partial charge in [-0.2, -0.15) is 0 Å². The summed E-state index contributed by atoms with van der Waals surface area (Å²) in [6.07, 6.45) is 2.80. The van der Waals surface area contributed by atoms with Gasteiger partial charge in [-0.25, -0.2) is 4.18 Å². The lowest BCUT2D eigenvalue weighted by atomic mass is 10.5. The standard InChI is InChI=1S/C6H8NO3S/c1-10-11(8,9)7-5-3-2-4-6-7/h2-6H,1H3/q+1. The van der Waals surface area contributed by atoms with Gasteiger partial charge in [-0.1, -0.05) is 10.0 Å². The molecule has 0 aromatic carbocycles. The lowest BCUT2D eigenvalue weighted by Gasteiger charge is -1.91. The molecule has 60 valence electrons. The lowest BCUT2D eigenvalue weighted by Crippen LogP contribution is -2.42. The second-order valence-electron chi connectivity index (χ2n) is 1.83. The lowest BCUT2D eigenvalue weighted by molar-refractivity contribution is -0.519. The van der Waals surface area contributed by atoms with E-state index in [-0.39, 0.29) is 0 Å². The van der Waals surface area contributed by atoms with Crippen molar-refractivity contribution in [2.24, 2.45) is 0 Å². The van der Waals surface area contributed by atoms with Gasteiger partial charge in [0.1, 0.15) is 0 Å². The van der Waals surface area contributed by atoms with Crippen molar-refractivity contribution in [3.05, 3.63) is 30.6 Å². The van der Waals surface area contributed by atoms with Crippen LogP contribution in [0.3, 0.4) is 0 Å². The Hall–Kier alpha value is -0.940. The van der Waals surface area contributed by atoms with Gasteiger partial charge in [0.25, 0.3) is 0 Å². The maximum atomic E-state index is 10.9. The van der Waals surface area contributed by atoms with E-state index in [1.165, 1.54) is 12.4 Å². The summed E-state index contributed by atoms with van der Waals surface area (Å²) in [5.74, 6) is 0. The van der Waals surface area contributed by atoms with E-state index in [0.29, 0.717) is 0 Å². The molecule has 0 fully saturated rings. The number of pyridine rings is 1. The minimum Gasteiger partial charge on any atom is -0.221 e. The van der Waals surface area contributed by atoms with Crippen LogP contribution in [-0.2, 0) is 14.5 Å². The van der Waals surface area contributed by atoms with Crippen molar-refractivity contribution < 1.29 is 16.6 Å². The highest BCUT2D eigenvalue weighted by Gasteiger charge is 2.18. The van der Waals surface area contributed by atoms with Crippen LogP contribution in [0.25, 0.3) is 0 Å². The molecular weight excluding hydrogens is 166 g/mol. The molecule has 1 aromatic rings. The largest absolute Gasteiger partial charge is 0.513 e. The van der Waals surface area contributed by atoms with E-state index >= 15 is 0 Å². The number of rotatable bonds is 2. The summed E-state index contributed by atoms with van der Waals surface area (Å²) in [7, 11) is -2.46. The van der Waals surface area contributed by atoms with Crippen molar-refractivity contribution in [2.75, 3.05) is 7.11 Å². The predicted molar refractivity (Wildman–Crippen MR) is 38.0 cm³/mol. The Labute approximate surface area is 65.3 Å². The van der Waals surface area contributed by atoms with Crippen molar-refractivity contribution in [3.8, 4) is 0 Å². The average Bonchev–Trinajstić information content (AvgIpc) is 2.06. The molecule has 4 nitrogen and oxygen atoms in total. The predicted octanol–water partition coefficient (Wildman–Crippen LogP) is -0.287. The molecule has 11 heavy (non-hydrogen) atoms. The Morgan fingerprint density at radius 2 is 1.73 bits per heavy atom. The van der Waals surface area contributed by atoms with Crippen LogP contribution in [0.5, 0.6) is 0 Å². The summed E-state index contributed by atoms with van der Waals surface area (Å²) in [6.45, 7) is 0. The van der Waals surface area contributed by atoms with E-state index in [1.54, 1.807) is 18.2 Å². The number of aromatic nitrogens is 1. The first kappa shape index (κ1) is 8.16. The molecule has 0 spiro atoms. The van der Waals surface area contributed by atoms with Crippen LogP contribution in [-0.4, -0.2) is 15.5 Å². The smallest absolute Gasteiger partial charge is 0.221 e. The van der Waals surface area contributed by atoms with E-state index in [4.69, 9.17) is 0 Å². The summed E-state index contributed by atoms with van der Waals surface area (Å²) < 4.78 is 27.1. The monoisotopic (exact) mass is 174 g/mol. The molecule has 1 heterocycles. The van der Waals surface area contributed by atoms with Crippen LogP contribution in [0, 0.1) is 0 Å². The Morgan fingerprint density at radius 1 is 1.18 bits per heavy atom. The number of hydrogen-bond acceptors (Lipinski definition) is 3. The van der Waals surface area contributed by atoms with Gasteiger partial charge in [0.05, 0.1) is 7.11 Å². The normalized spacial score (nSPS) is 11.4. The zero-order valence-electron chi connectivity index (χ0n) is 5.97. The number of nitrogens with zero attached hydrogens (tertiary/aromatic N) is 1. The Bertz CT molecular complexity index is 319. The SMILES string of the molecule is COS(=O)(=O)[n+]1ccccc1. The molecule has 0 saturated heterocycles. The number of hydrogen-bond donors (Lipinski definition) is 0. The second-order valence-corrected chi connectivity index (χ2v) is 3.44.